The van der Waals surface area contributed by atoms with E-state index in [-0.39, 0.29) is 0 Å². The number of anilines is 1. The van der Waals surface area contributed by atoms with Gasteiger partial charge in [0.05, 0.1) is 19.8 Å². The standard InChI is InChI=1S/C22H22N2O5/c1-15(21(25)23-17-12-19(27-2)14-20(13-17)28-3)29-22(26)16-7-6-8-18(11-16)24-9-4-5-10-24/h4-15H,1-3H3,(H,23,25)/t15-/m1/s1. The molecular formula is C22H22N2O5. The molecule has 0 aliphatic rings. The molecule has 0 bridgehead atoms. The fourth-order valence-electron chi connectivity index (χ4n) is 2.71. The molecule has 1 amide bonds. The van der Waals surface area contributed by atoms with Crippen LogP contribution in [0.15, 0.2) is 67.0 Å². The molecule has 7 nitrogen and oxygen atoms in total. The minimum atomic E-state index is -0.991. The zero-order valence-electron chi connectivity index (χ0n) is 16.4. The largest absolute Gasteiger partial charge is 0.497 e. The van der Waals surface area contributed by atoms with Crippen LogP contribution in [0.3, 0.4) is 0 Å². The van der Waals surface area contributed by atoms with Gasteiger partial charge < -0.3 is 24.1 Å². The second-order valence-electron chi connectivity index (χ2n) is 6.28. The number of hydrogen-bond acceptors (Lipinski definition) is 5. The number of carbonyl (C=O) groups excluding carboxylic acids is 2. The van der Waals surface area contributed by atoms with E-state index in [1.165, 1.54) is 21.1 Å². The van der Waals surface area contributed by atoms with Crippen molar-refractivity contribution in [3.8, 4) is 17.2 Å². The molecule has 0 aliphatic heterocycles. The third kappa shape index (κ3) is 4.95. The number of nitrogens with zero attached hydrogens (tertiary/aromatic N) is 1. The number of esters is 1. The monoisotopic (exact) mass is 394 g/mol. The van der Waals surface area contributed by atoms with E-state index in [9.17, 15) is 9.59 Å². The molecule has 150 valence electrons. The van der Waals surface area contributed by atoms with Crippen LogP contribution in [0.4, 0.5) is 5.69 Å². The van der Waals surface area contributed by atoms with E-state index in [4.69, 9.17) is 14.2 Å². The lowest BCUT2D eigenvalue weighted by Crippen LogP contribution is -2.30. The van der Waals surface area contributed by atoms with Gasteiger partial charge in [-0.05, 0) is 37.3 Å². The van der Waals surface area contributed by atoms with Gasteiger partial charge in [0.2, 0.25) is 0 Å². The molecule has 0 unspecified atom stereocenters. The number of carbonyl (C=O) groups is 2. The highest BCUT2D eigenvalue weighted by atomic mass is 16.5. The molecule has 3 aromatic rings. The molecule has 1 N–H and O–H groups in total. The van der Waals surface area contributed by atoms with Crippen molar-refractivity contribution in [1.82, 2.24) is 4.57 Å². The first-order valence-electron chi connectivity index (χ1n) is 8.98. The van der Waals surface area contributed by atoms with Crippen molar-refractivity contribution < 1.29 is 23.8 Å². The fraction of sp³-hybridized carbons (Fsp3) is 0.182. The van der Waals surface area contributed by atoms with Gasteiger partial charge in [-0.15, -0.1) is 0 Å². The smallest absolute Gasteiger partial charge is 0.338 e. The molecule has 3 rings (SSSR count). The SMILES string of the molecule is COc1cc(NC(=O)[C@@H](C)OC(=O)c2cccc(-n3cccc3)c2)cc(OC)c1. The van der Waals surface area contributed by atoms with Crippen molar-refractivity contribution in [2.24, 2.45) is 0 Å². The molecule has 29 heavy (non-hydrogen) atoms. The Morgan fingerprint density at radius 1 is 0.931 bits per heavy atom. The maximum absolute atomic E-state index is 12.5. The van der Waals surface area contributed by atoms with Crippen LogP contribution in [0.25, 0.3) is 5.69 Å². The van der Waals surface area contributed by atoms with Crippen molar-refractivity contribution in [3.63, 3.8) is 0 Å². The van der Waals surface area contributed by atoms with E-state index in [0.717, 1.165) is 5.69 Å². The summed E-state index contributed by atoms with van der Waals surface area (Å²) >= 11 is 0. The van der Waals surface area contributed by atoms with Gasteiger partial charge >= 0.3 is 5.97 Å². The summed E-state index contributed by atoms with van der Waals surface area (Å²) in [5.41, 5.74) is 1.66. The molecule has 0 fully saturated rings. The third-order valence-electron chi connectivity index (χ3n) is 4.26. The maximum Gasteiger partial charge on any atom is 0.338 e. The first-order chi connectivity index (χ1) is 14.0. The van der Waals surface area contributed by atoms with E-state index in [0.29, 0.717) is 22.7 Å². The van der Waals surface area contributed by atoms with Crippen molar-refractivity contribution in [3.05, 3.63) is 72.6 Å². The zero-order valence-corrected chi connectivity index (χ0v) is 16.4. The summed E-state index contributed by atoms with van der Waals surface area (Å²) in [5.74, 6) is 0.0253. The van der Waals surface area contributed by atoms with E-state index in [1.54, 1.807) is 36.4 Å². The Morgan fingerprint density at radius 2 is 1.59 bits per heavy atom. The maximum atomic E-state index is 12.5. The number of rotatable bonds is 7. The molecule has 1 atom stereocenters. The van der Waals surface area contributed by atoms with Crippen LogP contribution < -0.4 is 14.8 Å². The second kappa shape index (κ2) is 8.97. The summed E-state index contributed by atoms with van der Waals surface area (Å²) in [7, 11) is 3.04. The number of amides is 1. The third-order valence-corrected chi connectivity index (χ3v) is 4.26. The molecule has 2 aromatic carbocycles. The minimum absolute atomic E-state index is 0.360. The number of nitrogens with one attached hydrogen (secondary N) is 1. The normalized spacial score (nSPS) is 11.4. The Kier molecular flexibility index (Phi) is 6.19. The van der Waals surface area contributed by atoms with Crippen LogP contribution in [0.1, 0.15) is 17.3 Å². The first-order valence-corrected chi connectivity index (χ1v) is 8.98. The highest BCUT2D eigenvalue weighted by molar-refractivity contribution is 5.97. The van der Waals surface area contributed by atoms with E-state index < -0.39 is 18.0 Å². The van der Waals surface area contributed by atoms with E-state index in [2.05, 4.69) is 5.32 Å². The topological polar surface area (TPSA) is 78.8 Å². The van der Waals surface area contributed by atoms with Gasteiger partial charge in [-0.25, -0.2) is 4.79 Å². The quantitative estimate of drug-likeness (QED) is 0.619. The average Bonchev–Trinajstić information content (AvgIpc) is 3.28. The summed E-state index contributed by atoms with van der Waals surface area (Å²) in [5, 5.41) is 2.70. The summed E-state index contributed by atoms with van der Waals surface area (Å²) in [6, 6.07) is 15.8. The van der Waals surface area contributed by atoms with Gasteiger partial charge in [0, 0.05) is 42.0 Å². The second-order valence-corrected chi connectivity index (χ2v) is 6.28. The van der Waals surface area contributed by atoms with Crippen LogP contribution in [-0.4, -0.2) is 36.8 Å². The zero-order chi connectivity index (χ0) is 20.8. The highest BCUT2D eigenvalue weighted by Gasteiger charge is 2.20. The van der Waals surface area contributed by atoms with E-state index >= 15 is 0 Å². The van der Waals surface area contributed by atoms with Gasteiger partial charge in [0.1, 0.15) is 11.5 Å². The Bertz CT molecular complexity index is 976. The van der Waals surface area contributed by atoms with Gasteiger partial charge in [0.25, 0.3) is 5.91 Å². The summed E-state index contributed by atoms with van der Waals surface area (Å²) in [6.07, 6.45) is 2.76. The van der Waals surface area contributed by atoms with Crippen molar-refractivity contribution in [2.75, 3.05) is 19.5 Å². The van der Waals surface area contributed by atoms with Gasteiger partial charge in [-0.1, -0.05) is 6.07 Å². The number of methoxy groups -OCH3 is 2. The summed E-state index contributed by atoms with van der Waals surface area (Å²) in [4.78, 5) is 24.9. The van der Waals surface area contributed by atoms with Crippen molar-refractivity contribution in [1.29, 1.82) is 0 Å². The molecule has 1 aromatic heterocycles. The number of hydrogen-bond donors (Lipinski definition) is 1. The number of benzene rings is 2. The fourth-order valence-corrected chi connectivity index (χ4v) is 2.71. The minimum Gasteiger partial charge on any atom is -0.497 e. The lowest BCUT2D eigenvalue weighted by molar-refractivity contribution is -0.123. The predicted molar refractivity (Wildman–Crippen MR) is 109 cm³/mol. The lowest BCUT2D eigenvalue weighted by Gasteiger charge is -2.15. The van der Waals surface area contributed by atoms with Crippen molar-refractivity contribution in [2.45, 2.75) is 13.0 Å². The Morgan fingerprint density at radius 3 is 2.21 bits per heavy atom. The first kappa shape index (κ1) is 20.0. The molecule has 0 radical (unpaired) electrons. The molecular weight excluding hydrogens is 372 g/mol. The van der Waals surface area contributed by atoms with Crippen LogP contribution in [-0.2, 0) is 9.53 Å². The Labute approximate surface area is 168 Å². The molecule has 7 heteroatoms. The Hall–Kier alpha value is -3.74. The molecule has 0 saturated carbocycles. The lowest BCUT2D eigenvalue weighted by atomic mass is 10.2. The molecule has 0 spiro atoms. The predicted octanol–water partition coefficient (Wildman–Crippen LogP) is 3.68. The molecule has 1 heterocycles. The van der Waals surface area contributed by atoms with E-state index in [1.807, 2.05) is 35.2 Å². The van der Waals surface area contributed by atoms with Gasteiger partial charge in [0.15, 0.2) is 6.10 Å². The van der Waals surface area contributed by atoms with Crippen LogP contribution >= 0.6 is 0 Å². The average molecular weight is 394 g/mol. The highest BCUT2D eigenvalue weighted by Crippen LogP contribution is 2.26. The van der Waals surface area contributed by atoms with Crippen molar-refractivity contribution >= 4 is 17.6 Å². The van der Waals surface area contributed by atoms with Gasteiger partial charge in [-0.2, -0.15) is 0 Å². The van der Waals surface area contributed by atoms with Gasteiger partial charge in [-0.3, -0.25) is 4.79 Å². The molecule has 0 saturated heterocycles. The van der Waals surface area contributed by atoms with Crippen LogP contribution in [0, 0.1) is 0 Å². The summed E-state index contributed by atoms with van der Waals surface area (Å²) < 4.78 is 17.6. The molecule has 0 aliphatic carbocycles. The number of aromatic nitrogens is 1. The Balaban J connectivity index is 1.67. The summed E-state index contributed by atoms with van der Waals surface area (Å²) in [6.45, 7) is 1.51. The number of ether oxygens (including phenoxy) is 3. The van der Waals surface area contributed by atoms with Crippen LogP contribution in [0.2, 0.25) is 0 Å². The van der Waals surface area contributed by atoms with Crippen LogP contribution in [0.5, 0.6) is 11.5 Å².